The Labute approximate surface area is 76.5 Å². The van der Waals surface area contributed by atoms with E-state index in [9.17, 15) is 4.79 Å². The lowest BCUT2D eigenvalue weighted by Gasteiger charge is -2.04. The minimum Gasteiger partial charge on any atom is -0.446 e. The lowest BCUT2D eigenvalue weighted by Crippen LogP contribution is -2.16. The second-order valence-electron chi connectivity index (χ2n) is 3.15. The zero-order valence-electron chi connectivity index (χ0n) is 7.56. The van der Waals surface area contributed by atoms with Gasteiger partial charge in [0.1, 0.15) is 11.9 Å². The Hall–Kier alpha value is -1.32. The van der Waals surface area contributed by atoms with E-state index in [-0.39, 0.29) is 12.2 Å². The highest BCUT2D eigenvalue weighted by atomic mass is 16.6. The van der Waals surface area contributed by atoms with Gasteiger partial charge in [-0.1, -0.05) is 6.92 Å². The molecule has 1 aliphatic carbocycles. The molecule has 1 aromatic rings. The van der Waals surface area contributed by atoms with E-state index in [1.54, 1.807) is 12.4 Å². The third-order valence-corrected chi connectivity index (χ3v) is 2.02. The summed E-state index contributed by atoms with van der Waals surface area (Å²) in [5.74, 6) is 0.755. The maximum absolute atomic E-state index is 11.4. The number of aromatic nitrogens is 2. The molecule has 4 heteroatoms. The zero-order chi connectivity index (χ0) is 9.26. The van der Waals surface area contributed by atoms with Gasteiger partial charge in [0.15, 0.2) is 0 Å². The summed E-state index contributed by atoms with van der Waals surface area (Å²) < 4.78 is 6.60. The van der Waals surface area contributed by atoms with E-state index >= 15 is 0 Å². The van der Waals surface area contributed by atoms with Gasteiger partial charge in [0, 0.05) is 18.8 Å². The smallest absolute Gasteiger partial charge is 0.419 e. The van der Waals surface area contributed by atoms with Crippen molar-refractivity contribution in [2.45, 2.75) is 32.3 Å². The summed E-state index contributed by atoms with van der Waals surface area (Å²) in [6, 6.07) is 0. The molecule has 0 amide bonds. The van der Waals surface area contributed by atoms with Gasteiger partial charge in [0.25, 0.3) is 0 Å². The Balaban J connectivity index is 2.08. The average molecular weight is 180 g/mol. The average Bonchev–Trinajstić information content (AvgIpc) is 2.82. The van der Waals surface area contributed by atoms with Crippen LogP contribution in [0.3, 0.4) is 0 Å². The van der Waals surface area contributed by atoms with Gasteiger partial charge >= 0.3 is 6.09 Å². The monoisotopic (exact) mass is 180 g/mol. The highest BCUT2D eigenvalue weighted by Crippen LogP contribution is 2.24. The molecule has 0 saturated heterocycles. The van der Waals surface area contributed by atoms with E-state index in [0.717, 1.165) is 25.1 Å². The quantitative estimate of drug-likeness (QED) is 0.694. The molecular weight excluding hydrogens is 168 g/mol. The fourth-order valence-corrected chi connectivity index (χ4v) is 1.15. The predicted octanol–water partition coefficient (Wildman–Crippen LogP) is 1.59. The first-order chi connectivity index (χ1) is 6.31. The fourth-order valence-electron chi connectivity index (χ4n) is 1.15. The molecule has 1 aliphatic rings. The van der Waals surface area contributed by atoms with Gasteiger partial charge in [-0.3, -0.25) is 0 Å². The third-order valence-electron chi connectivity index (χ3n) is 2.02. The van der Waals surface area contributed by atoms with Crippen molar-refractivity contribution in [1.82, 2.24) is 9.55 Å². The molecule has 0 aromatic carbocycles. The number of carbonyl (C=O) groups excluding carboxylic acids is 1. The molecule has 0 spiro atoms. The summed E-state index contributed by atoms with van der Waals surface area (Å²) >= 11 is 0. The van der Waals surface area contributed by atoms with Crippen LogP contribution in [0.5, 0.6) is 0 Å². The number of hydrogen-bond donors (Lipinski definition) is 0. The Morgan fingerprint density at radius 1 is 1.77 bits per heavy atom. The number of nitrogens with zero attached hydrogens (tertiary/aromatic N) is 2. The van der Waals surface area contributed by atoms with Crippen LogP contribution in [0.2, 0.25) is 0 Å². The maximum atomic E-state index is 11.4. The molecule has 0 aliphatic heterocycles. The van der Waals surface area contributed by atoms with E-state index in [0.29, 0.717) is 0 Å². The topological polar surface area (TPSA) is 44.1 Å². The van der Waals surface area contributed by atoms with Crippen molar-refractivity contribution in [3.63, 3.8) is 0 Å². The van der Waals surface area contributed by atoms with Crippen molar-refractivity contribution in [2.75, 3.05) is 0 Å². The van der Waals surface area contributed by atoms with Gasteiger partial charge < -0.3 is 4.74 Å². The molecule has 1 fully saturated rings. The van der Waals surface area contributed by atoms with Crippen LogP contribution < -0.4 is 0 Å². The molecule has 1 aromatic heterocycles. The third kappa shape index (κ3) is 1.71. The van der Waals surface area contributed by atoms with Crippen molar-refractivity contribution in [2.24, 2.45) is 0 Å². The zero-order valence-corrected chi connectivity index (χ0v) is 7.56. The first-order valence-electron chi connectivity index (χ1n) is 4.54. The molecule has 1 saturated carbocycles. The van der Waals surface area contributed by atoms with E-state index in [4.69, 9.17) is 4.74 Å². The second kappa shape index (κ2) is 3.20. The number of aryl methyl sites for hydroxylation is 1. The summed E-state index contributed by atoms with van der Waals surface area (Å²) in [6.07, 6.45) is 5.86. The van der Waals surface area contributed by atoms with Crippen LogP contribution in [0.4, 0.5) is 4.79 Å². The second-order valence-corrected chi connectivity index (χ2v) is 3.15. The van der Waals surface area contributed by atoms with Crippen molar-refractivity contribution >= 4 is 6.09 Å². The van der Waals surface area contributed by atoms with Crippen molar-refractivity contribution in [3.8, 4) is 0 Å². The maximum Gasteiger partial charge on any atom is 0.419 e. The van der Waals surface area contributed by atoms with Crippen molar-refractivity contribution in [3.05, 3.63) is 18.2 Å². The molecule has 0 radical (unpaired) electrons. The van der Waals surface area contributed by atoms with Crippen LogP contribution in [-0.2, 0) is 11.2 Å². The first-order valence-corrected chi connectivity index (χ1v) is 4.54. The molecule has 0 atom stereocenters. The van der Waals surface area contributed by atoms with Gasteiger partial charge in [-0.15, -0.1) is 0 Å². The lowest BCUT2D eigenvalue weighted by molar-refractivity contribution is 0.140. The van der Waals surface area contributed by atoms with Gasteiger partial charge in [-0.05, 0) is 12.8 Å². The molecule has 1 heterocycles. The summed E-state index contributed by atoms with van der Waals surface area (Å²) in [6.45, 7) is 1.96. The minimum atomic E-state index is -0.295. The SMILES string of the molecule is CCc1nccn1C(=O)OC1CC1. The molecule has 0 N–H and O–H groups in total. The van der Waals surface area contributed by atoms with Crippen LogP contribution in [0.1, 0.15) is 25.6 Å². The van der Waals surface area contributed by atoms with Gasteiger partial charge in [0.2, 0.25) is 0 Å². The van der Waals surface area contributed by atoms with Crippen LogP contribution in [0.25, 0.3) is 0 Å². The Morgan fingerprint density at radius 2 is 2.54 bits per heavy atom. The standard InChI is InChI=1S/C9H12N2O2/c1-2-8-10-5-6-11(8)9(12)13-7-3-4-7/h5-7H,2-4H2,1H3. The van der Waals surface area contributed by atoms with Crippen LogP contribution >= 0.6 is 0 Å². The Kier molecular flexibility index (Phi) is 2.04. The highest BCUT2D eigenvalue weighted by molar-refractivity contribution is 5.71. The molecular formula is C9H12N2O2. The van der Waals surface area contributed by atoms with Crippen LogP contribution in [0.15, 0.2) is 12.4 Å². The largest absolute Gasteiger partial charge is 0.446 e. The van der Waals surface area contributed by atoms with Crippen LogP contribution in [-0.4, -0.2) is 21.7 Å². The molecule has 2 rings (SSSR count). The molecule has 70 valence electrons. The van der Waals surface area contributed by atoms with E-state index in [2.05, 4.69) is 4.98 Å². The summed E-state index contributed by atoms with van der Waals surface area (Å²) in [7, 11) is 0. The lowest BCUT2D eigenvalue weighted by atomic mass is 10.5. The number of rotatable bonds is 2. The molecule has 0 bridgehead atoms. The van der Waals surface area contributed by atoms with Crippen molar-refractivity contribution < 1.29 is 9.53 Å². The Morgan fingerprint density at radius 3 is 3.15 bits per heavy atom. The summed E-state index contributed by atoms with van der Waals surface area (Å²) in [4.78, 5) is 15.5. The fraction of sp³-hybridized carbons (Fsp3) is 0.556. The normalized spacial score (nSPS) is 15.8. The predicted molar refractivity (Wildman–Crippen MR) is 46.5 cm³/mol. The number of ether oxygens (including phenoxy) is 1. The van der Waals surface area contributed by atoms with E-state index < -0.39 is 0 Å². The van der Waals surface area contributed by atoms with Crippen LogP contribution in [0, 0.1) is 0 Å². The van der Waals surface area contributed by atoms with E-state index in [1.165, 1.54) is 4.57 Å². The van der Waals surface area contributed by atoms with Crippen molar-refractivity contribution in [1.29, 1.82) is 0 Å². The number of carbonyl (C=O) groups is 1. The van der Waals surface area contributed by atoms with E-state index in [1.807, 2.05) is 6.92 Å². The van der Waals surface area contributed by atoms with Gasteiger partial charge in [-0.25, -0.2) is 14.3 Å². The summed E-state index contributed by atoms with van der Waals surface area (Å²) in [5, 5.41) is 0. The van der Waals surface area contributed by atoms with Gasteiger partial charge in [-0.2, -0.15) is 0 Å². The molecule has 0 unspecified atom stereocenters. The highest BCUT2D eigenvalue weighted by Gasteiger charge is 2.27. The molecule has 4 nitrogen and oxygen atoms in total. The number of hydrogen-bond acceptors (Lipinski definition) is 3. The summed E-state index contributed by atoms with van der Waals surface area (Å²) in [5.41, 5.74) is 0. The number of imidazole rings is 1. The minimum absolute atomic E-state index is 0.152. The van der Waals surface area contributed by atoms with Gasteiger partial charge in [0.05, 0.1) is 0 Å². The Bertz CT molecular complexity index is 315. The molecule has 13 heavy (non-hydrogen) atoms. The first kappa shape index (κ1) is 8.29.